The third-order valence-electron chi connectivity index (χ3n) is 3.57. The maximum Gasteiger partial charge on any atom is 0.337 e. The molecule has 23 heavy (non-hydrogen) atoms. The molecule has 0 saturated heterocycles. The average Bonchev–Trinajstić information content (AvgIpc) is 2.57. The highest BCUT2D eigenvalue weighted by atomic mass is 16.4. The van der Waals surface area contributed by atoms with Crippen LogP contribution in [-0.4, -0.2) is 20.5 Å². The minimum Gasteiger partial charge on any atom is -0.478 e. The van der Waals surface area contributed by atoms with E-state index < -0.39 is 5.97 Å². The van der Waals surface area contributed by atoms with Crippen LogP contribution in [0.5, 0.6) is 0 Å². The van der Waals surface area contributed by atoms with Gasteiger partial charge >= 0.3 is 5.97 Å². The summed E-state index contributed by atoms with van der Waals surface area (Å²) >= 11 is 0. The summed E-state index contributed by atoms with van der Waals surface area (Å²) in [5.41, 5.74) is 2.24. The Morgan fingerprint density at radius 1 is 1.13 bits per heavy atom. The summed E-state index contributed by atoms with van der Waals surface area (Å²) in [6, 6.07) is 12.7. The van der Waals surface area contributed by atoms with E-state index in [0.29, 0.717) is 16.9 Å². The molecule has 0 bridgehead atoms. The Hall–Kier alpha value is -3.21. The zero-order chi connectivity index (χ0) is 16.4. The second-order valence-electron chi connectivity index (χ2n) is 5.12. The molecule has 3 rings (SSSR count). The number of hydrogen-bond acceptors (Lipinski definition) is 3. The van der Waals surface area contributed by atoms with E-state index in [-0.39, 0.29) is 11.1 Å². The molecule has 0 radical (unpaired) electrons. The molecule has 2 heterocycles. The second-order valence-corrected chi connectivity index (χ2v) is 5.12. The smallest absolute Gasteiger partial charge is 0.337 e. The fourth-order valence-corrected chi connectivity index (χ4v) is 2.27. The largest absolute Gasteiger partial charge is 0.478 e. The van der Waals surface area contributed by atoms with E-state index in [1.165, 1.54) is 22.7 Å². The minimum atomic E-state index is -1.08. The van der Waals surface area contributed by atoms with Crippen molar-refractivity contribution in [3.8, 4) is 0 Å². The second kappa shape index (κ2) is 5.88. The molecule has 0 spiro atoms. The zero-order valence-electron chi connectivity index (χ0n) is 12.4. The van der Waals surface area contributed by atoms with Gasteiger partial charge < -0.3 is 5.11 Å². The van der Waals surface area contributed by atoms with E-state index in [1.54, 1.807) is 13.0 Å². The Bertz CT molecular complexity index is 973. The monoisotopic (exact) mass is 306 g/mol. The van der Waals surface area contributed by atoms with Gasteiger partial charge in [0.2, 0.25) is 0 Å². The highest BCUT2D eigenvalue weighted by Crippen LogP contribution is 2.10. The number of aromatic carboxylic acids is 1. The maximum atomic E-state index is 12.4. The van der Waals surface area contributed by atoms with Gasteiger partial charge in [-0.1, -0.05) is 36.4 Å². The van der Waals surface area contributed by atoms with E-state index in [0.717, 1.165) is 5.56 Å². The lowest BCUT2D eigenvalue weighted by molar-refractivity contribution is 0.0696. The number of rotatable bonds is 3. The molecule has 2 aromatic heterocycles. The Kier molecular flexibility index (Phi) is 3.76. The quantitative estimate of drug-likeness (QED) is 0.807. The lowest BCUT2D eigenvalue weighted by Crippen LogP contribution is -2.20. The zero-order valence-corrected chi connectivity index (χ0v) is 12.4. The summed E-state index contributed by atoms with van der Waals surface area (Å²) in [6.45, 7) is 1.68. The van der Waals surface area contributed by atoms with Crippen molar-refractivity contribution in [2.24, 2.45) is 0 Å². The Morgan fingerprint density at radius 3 is 2.57 bits per heavy atom. The molecule has 0 atom stereocenters. The summed E-state index contributed by atoms with van der Waals surface area (Å²) in [5.74, 6) is -1.08. The highest BCUT2D eigenvalue weighted by molar-refractivity contribution is 5.87. The topological polar surface area (TPSA) is 71.7 Å². The predicted molar refractivity (Wildman–Crippen MR) is 88.5 cm³/mol. The number of aromatic nitrogens is 2. The molecule has 0 aliphatic rings. The third kappa shape index (κ3) is 2.89. The van der Waals surface area contributed by atoms with Gasteiger partial charge in [-0.05, 0) is 30.7 Å². The molecule has 5 heteroatoms. The summed E-state index contributed by atoms with van der Waals surface area (Å²) in [5, 5.41) is 9.02. The average molecular weight is 306 g/mol. The third-order valence-corrected chi connectivity index (χ3v) is 3.57. The Labute approximate surface area is 132 Å². The van der Waals surface area contributed by atoms with Gasteiger partial charge in [0.05, 0.1) is 11.3 Å². The molecule has 3 aromatic rings. The van der Waals surface area contributed by atoms with Gasteiger partial charge in [-0.2, -0.15) is 0 Å². The summed E-state index contributed by atoms with van der Waals surface area (Å²) in [7, 11) is 0. The van der Waals surface area contributed by atoms with E-state index in [2.05, 4.69) is 4.98 Å². The van der Waals surface area contributed by atoms with Crippen LogP contribution in [0.2, 0.25) is 0 Å². The van der Waals surface area contributed by atoms with Gasteiger partial charge in [0.25, 0.3) is 5.56 Å². The summed E-state index contributed by atoms with van der Waals surface area (Å²) < 4.78 is 1.26. The molecule has 114 valence electrons. The van der Waals surface area contributed by atoms with Crippen molar-refractivity contribution in [3.63, 3.8) is 0 Å². The molecular formula is C18H14N2O3. The van der Waals surface area contributed by atoms with Gasteiger partial charge in [-0.25, -0.2) is 9.78 Å². The van der Waals surface area contributed by atoms with Gasteiger partial charge in [-0.3, -0.25) is 9.20 Å². The Morgan fingerprint density at radius 2 is 1.87 bits per heavy atom. The first-order valence-electron chi connectivity index (χ1n) is 7.06. The summed E-state index contributed by atoms with van der Waals surface area (Å²) in [6.07, 6.45) is 4.97. The molecule has 5 nitrogen and oxygen atoms in total. The van der Waals surface area contributed by atoms with E-state index in [9.17, 15) is 9.59 Å². The first-order chi connectivity index (χ1) is 11.1. The van der Waals surface area contributed by atoms with E-state index in [1.807, 2.05) is 36.4 Å². The lowest BCUT2D eigenvalue weighted by atomic mass is 10.1. The van der Waals surface area contributed by atoms with Crippen LogP contribution in [0.3, 0.4) is 0 Å². The van der Waals surface area contributed by atoms with E-state index in [4.69, 9.17) is 5.11 Å². The molecule has 1 aromatic carbocycles. The minimum absolute atomic E-state index is 0.0494. The van der Waals surface area contributed by atoms with Crippen molar-refractivity contribution in [2.75, 3.05) is 0 Å². The number of benzene rings is 1. The first kappa shape index (κ1) is 14.7. The van der Waals surface area contributed by atoms with Crippen molar-refractivity contribution in [1.82, 2.24) is 9.38 Å². The number of fused-ring (bicyclic) bond motifs is 1. The van der Waals surface area contributed by atoms with Crippen LogP contribution in [0.4, 0.5) is 0 Å². The van der Waals surface area contributed by atoms with Crippen LogP contribution in [0.25, 0.3) is 17.8 Å². The van der Waals surface area contributed by atoms with Gasteiger partial charge in [0, 0.05) is 11.8 Å². The van der Waals surface area contributed by atoms with Crippen LogP contribution in [0.15, 0.2) is 53.5 Å². The SMILES string of the molecule is Cc1c(C=Cc2ccccc2)nc2ccc(C(=O)O)cn2c1=O. The number of pyridine rings is 1. The van der Waals surface area contributed by atoms with Crippen molar-refractivity contribution in [1.29, 1.82) is 0 Å². The maximum absolute atomic E-state index is 12.4. The molecule has 0 saturated carbocycles. The van der Waals surface area contributed by atoms with Gasteiger partial charge in [0.15, 0.2) is 0 Å². The number of carbonyl (C=O) groups is 1. The highest BCUT2D eigenvalue weighted by Gasteiger charge is 2.09. The fourth-order valence-electron chi connectivity index (χ4n) is 2.27. The van der Waals surface area contributed by atoms with E-state index >= 15 is 0 Å². The molecule has 1 N–H and O–H groups in total. The normalized spacial score (nSPS) is 11.2. The number of carboxylic acid groups (broad SMARTS) is 1. The summed E-state index contributed by atoms with van der Waals surface area (Å²) in [4.78, 5) is 27.9. The van der Waals surface area contributed by atoms with Crippen LogP contribution in [0.1, 0.15) is 27.2 Å². The number of carboxylic acids is 1. The Balaban J connectivity index is 2.11. The molecule has 0 amide bonds. The van der Waals surface area contributed by atoms with Crippen LogP contribution >= 0.6 is 0 Å². The van der Waals surface area contributed by atoms with Crippen molar-refractivity contribution in [3.05, 3.63) is 81.4 Å². The van der Waals surface area contributed by atoms with Gasteiger partial charge in [0.1, 0.15) is 5.65 Å². The van der Waals surface area contributed by atoms with Crippen LogP contribution in [-0.2, 0) is 0 Å². The lowest BCUT2D eigenvalue weighted by Gasteiger charge is -2.06. The van der Waals surface area contributed by atoms with Gasteiger partial charge in [-0.15, -0.1) is 0 Å². The molecule has 0 aliphatic carbocycles. The molecular weight excluding hydrogens is 292 g/mol. The fraction of sp³-hybridized carbons (Fsp3) is 0.0556. The molecule has 0 unspecified atom stereocenters. The van der Waals surface area contributed by atoms with Crippen molar-refractivity contribution < 1.29 is 9.90 Å². The number of nitrogens with zero attached hydrogens (tertiary/aromatic N) is 2. The molecule has 0 aliphatic heterocycles. The van der Waals surface area contributed by atoms with Crippen LogP contribution in [0, 0.1) is 6.92 Å². The standard InChI is InChI=1S/C18H14N2O3/c1-12-15(9-7-13-5-3-2-4-6-13)19-16-10-8-14(18(22)23)11-20(16)17(12)21/h2-11H,1H3,(H,22,23). The number of hydrogen-bond donors (Lipinski definition) is 1. The van der Waals surface area contributed by atoms with Crippen LogP contribution < -0.4 is 5.56 Å². The predicted octanol–water partition coefficient (Wildman–Crippen LogP) is 2.87. The van der Waals surface area contributed by atoms with Crippen molar-refractivity contribution in [2.45, 2.75) is 6.92 Å². The van der Waals surface area contributed by atoms with Crippen molar-refractivity contribution >= 4 is 23.8 Å². The molecule has 0 fully saturated rings. The first-order valence-corrected chi connectivity index (χ1v) is 7.06.